The zero-order valence-corrected chi connectivity index (χ0v) is 28.3. The van der Waals surface area contributed by atoms with Gasteiger partial charge in [0.2, 0.25) is 0 Å². The van der Waals surface area contributed by atoms with Crippen LogP contribution in [0.25, 0.3) is 0 Å². The van der Waals surface area contributed by atoms with Gasteiger partial charge in [0.25, 0.3) is 0 Å². The molecule has 0 aliphatic heterocycles. The average molecular weight is 552 g/mol. The summed E-state index contributed by atoms with van der Waals surface area (Å²) in [7, 11) is 0. The molecule has 0 fully saturated rings. The van der Waals surface area contributed by atoms with Crippen molar-refractivity contribution in [3.05, 3.63) is 0 Å². The van der Waals surface area contributed by atoms with E-state index < -0.39 is 0 Å². The van der Waals surface area contributed by atoms with Gasteiger partial charge in [-0.25, -0.2) is 0 Å². The van der Waals surface area contributed by atoms with Gasteiger partial charge in [-0.05, 0) is 5.92 Å². The van der Waals surface area contributed by atoms with E-state index in [1.54, 1.807) is 0 Å². The molecule has 0 radical (unpaired) electrons. The highest BCUT2D eigenvalue weighted by atomic mass is 14.1. The summed E-state index contributed by atoms with van der Waals surface area (Å²) < 4.78 is 0. The summed E-state index contributed by atoms with van der Waals surface area (Å²) in [4.78, 5) is 0. The van der Waals surface area contributed by atoms with Crippen LogP contribution in [0.4, 0.5) is 0 Å². The van der Waals surface area contributed by atoms with E-state index in [4.69, 9.17) is 0 Å². The normalized spacial score (nSPS) is 11.4. The minimum absolute atomic E-state index is 0. The molecule has 0 saturated carbocycles. The molecule has 0 aromatic carbocycles. The molecule has 0 aliphatic rings. The fourth-order valence-electron chi connectivity index (χ4n) is 6.23. The van der Waals surface area contributed by atoms with Crippen LogP contribution < -0.4 is 6.15 Å². The first kappa shape index (κ1) is 41.1. The summed E-state index contributed by atoms with van der Waals surface area (Å²) in [6.45, 7) is 7.13. The Morgan fingerprint density at radius 1 is 0.256 bits per heavy atom. The number of unbranched alkanes of at least 4 members (excludes halogenated alkanes) is 30. The van der Waals surface area contributed by atoms with E-state index in [-0.39, 0.29) is 6.15 Å². The summed E-state index contributed by atoms with van der Waals surface area (Å²) in [5.41, 5.74) is 0. The van der Waals surface area contributed by atoms with E-state index in [1.807, 2.05) is 0 Å². The van der Waals surface area contributed by atoms with Crippen molar-refractivity contribution in [3.63, 3.8) is 0 Å². The van der Waals surface area contributed by atoms with Crippen LogP contribution in [0, 0.1) is 5.92 Å². The molecule has 0 aromatic heterocycles. The molecule has 0 saturated heterocycles. The highest BCUT2D eigenvalue weighted by Gasteiger charge is 2.02. The smallest absolute Gasteiger partial charge is 0.0443 e. The fraction of sp³-hybridized carbons (Fsp3) is 1.00. The van der Waals surface area contributed by atoms with Crippen LogP contribution in [-0.2, 0) is 0 Å². The quantitative estimate of drug-likeness (QED) is 0.0793. The molecule has 0 heterocycles. The predicted molar refractivity (Wildman–Crippen MR) is 183 cm³/mol. The van der Waals surface area contributed by atoms with Crippen molar-refractivity contribution in [2.24, 2.45) is 5.92 Å². The van der Waals surface area contributed by atoms with E-state index in [2.05, 4.69) is 20.8 Å². The minimum Gasteiger partial charge on any atom is -0.344 e. The molecule has 0 spiro atoms. The first-order chi connectivity index (χ1) is 18.8. The van der Waals surface area contributed by atoms with Gasteiger partial charge in [-0.3, -0.25) is 0 Å². The van der Waals surface area contributed by atoms with Crippen LogP contribution in [-0.4, -0.2) is 0 Å². The van der Waals surface area contributed by atoms with E-state index in [1.165, 1.54) is 218 Å². The Morgan fingerprint density at radius 2 is 0.410 bits per heavy atom. The Morgan fingerprint density at radius 3 is 0.590 bits per heavy atom. The third-order valence-corrected chi connectivity index (χ3v) is 9.10. The second-order valence-corrected chi connectivity index (χ2v) is 13.3. The molecular formula is C38H81N. The zero-order valence-electron chi connectivity index (χ0n) is 28.3. The van der Waals surface area contributed by atoms with Gasteiger partial charge < -0.3 is 6.15 Å². The predicted octanol–water partition coefficient (Wildman–Crippen LogP) is 15.1. The maximum Gasteiger partial charge on any atom is -0.0443 e. The number of rotatable bonds is 34. The summed E-state index contributed by atoms with van der Waals surface area (Å²) in [5.74, 6) is 0.966. The third-order valence-electron chi connectivity index (χ3n) is 9.10. The first-order valence-corrected chi connectivity index (χ1v) is 18.8. The van der Waals surface area contributed by atoms with Gasteiger partial charge in [0.05, 0.1) is 0 Å². The molecule has 238 valence electrons. The largest absolute Gasteiger partial charge is 0.344 e. The maximum atomic E-state index is 2.51. The molecule has 0 rings (SSSR count). The Bertz CT molecular complexity index is 356. The van der Waals surface area contributed by atoms with Gasteiger partial charge in [0, 0.05) is 0 Å². The molecule has 39 heavy (non-hydrogen) atoms. The van der Waals surface area contributed by atoms with Gasteiger partial charge in [-0.1, -0.05) is 239 Å². The summed E-state index contributed by atoms with van der Waals surface area (Å²) in [6.07, 6.45) is 50.2. The Balaban J connectivity index is 0. The fourth-order valence-corrected chi connectivity index (χ4v) is 6.23. The average Bonchev–Trinajstić information content (AvgIpc) is 2.92. The van der Waals surface area contributed by atoms with Crippen LogP contribution in [0.2, 0.25) is 0 Å². The number of hydrogen-bond acceptors (Lipinski definition) is 1. The van der Waals surface area contributed by atoms with Crippen molar-refractivity contribution < 1.29 is 0 Å². The van der Waals surface area contributed by atoms with Crippen molar-refractivity contribution in [3.8, 4) is 0 Å². The maximum absolute atomic E-state index is 2.51. The molecule has 3 N–H and O–H groups in total. The standard InChI is InChI=1S/C38H78.H3N/c1-4-6-8-10-12-14-16-18-20-22-24-26-28-30-32-34-36-38(3)37-35-33-31-29-27-25-23-21-19-17-15-13-11-9-7-5-2;/h38H,4-37H2,1-3H3;1H3. The van der Waals surface area contributed by atoms with E-state index in [0.717, 1.165) is 5.92 Å². The highest BCUT2D eigenvalue weighted by Crippen LogP contribution is 2.20. The molecule has 0 atom stereocenters. The van der Waals surface area contributed by atoms with Crippen LogP contribution in [0.5, 0.6) is 0 Å². The molecule has 0 unspecified atom stereocenters. The lowest BCUT2D eigenvalue weighted by Crippen LogP contribution is -1.95. The minimum atomic E-state index is 0. The van der Waals surface area contributed by atoms with Crippen LogP contribution in [0.3, 0.4) is 0 Å². The first-order valence-electron chi connectivity index (χ1n) is 18.8. The van der Waals surface area contributed by atoms with E-state index >= 15 is 0 Å². The van der Waals surface area contributed by atoms with Crippen molar-refractivity contribution >= 4 is 0 Å². The summed E-state index contributed by atoms with van der Waals surface area (Å²) >= 11 is 0. The molecule has 1 nitrogen and oxygen atoms in total. The van der Waals surface area contributed by atoms with Crippen molar-refractivity contribution in [2.75, 3.05) is 0 Å². The number of hydrogen-bond donors (Lipinski definition) is 1. The lowest BCUT2D eigenvalue weighted by molar-refractivity contribution is 0.429. The van der Waals surface area contributed by atoms with Crippen LogP contribution in [0.15, 0.2) is 0 Å². The van der Waals surface area contributed by atoms with Crippen molar-refractivity contribution in [2.45, 2.75) is 239 Å². The Labute approximate surface area is 250 Å². The molecule has 0 aromatic rings. The molecule has 0 aliphatic carbocycles. The lowest BCUT2D eigenvalue weighted by Gasteiger charge is -2.11. The monoisotopic (exact) mass is 552 g/mol. The van der Waals surface area contributed by atoms with Crippen LogP contribution in [0.1, 0.15) is 239 Å². The Kier molecular flexibility index (Phi) is 40.0. The topological polar surface area (TPSA) is 35.0 Å². The molecule has 0 amide bonds. The zero-order chi connectivity index (χ0) is 27.6. The SMILES string of the molecule is CCCCCCCCCCCCCCCCCCC(C)CCCCCCCCCCCCCCCCCC.N. The van der Waals surface area contributed by atoms with Gasteiger partial charge in [0.15, 0.2) is 0 Å². The second-order valence-electron chi connectivity index (χ2n) is 13.3. The van der Waals surface area contributed by atoms with Crippen molar-refractivity contribution in [1.82, 2.24) is 6.15 Å². The van der Waals surface area contributed by atoms with Gasteiger partial charge in [0.1, 0.15) is 0 Å². The summed E-state index contributed by atoms with van der Waals surface area (Å²) in [6, 6.07) is 0. The van der Waals surface area contributed by atoms with Gasteiger partial charge in [-0.15, -0.1) is 0 Å². The van der Waals surface area contributed by atoms with E-state index in [9.17, 15) is 0 Å². The van der Waals surface area contributed by atoms with E-state index in [0.29, 0.717) is 0 Å². The lowest BCUT2D eigenvalue weighted by atomic mass is 9.95. The Hall–Kier alpha value is -0.0400. The molecule has 1 heteroatoms. The summed E-state index contributed by atoms with van der Waals surface area (Å²) in [5, 5.41) is 0. The van der Waals surface area contributed by atoms with Crippen molar-refractivity contribution in [1.29, 1.82) is 0 Å². The van der Waals surface area contributed by atoms with Gasteiger partial charge >= 0.3 is 0 Å². The van der Waals surface area contributed by atoms with Crippen LogP contribution >= 0.6 is 0 Å². The third kappa shape index (κ3) is 38.0. The van der Waals surface area contributed by atoms with Gasteiger partial charge in [-0.2, -0.15) is 0 Å². The molecular weight excluding hydrogens is 470 g/mol. The second kappa shape index (κ2) is 38.0. The molecule has 0 bridgehead atoms. The highest BCUT2D eigenvalue weighted by molar-refractivity contribution is 4.57.